The summed E-state index contributed by atoms with van der Waals surface area (Å²) in [6.07, 6.45) is 4.60. The first-order chi connectivity index (χ1) is 17.0. The fourth-order valence-electron chi connectivity index (χ4n) is 4.19. The molecule has 2 aromatic rings. The average molecular weight is 535 g/mol. The van der Waals surface area contributed by atoms with Crippen molar-refractivity contribution in [2.75, 3.05) is 31.7 Å². The molecule has 2 unspecified atom stereocenters. The zero-order valence-corrected chi connectivity index (χ0v) is 23.7. The summed E-state index contributed by atoms with van der Waals surface area (Å²) in [5.74, 6) is -0.278. The summed E-state index contributed by atoms with van der Waals surface area (Å²) in [6.45, 7) is 12.1. The first kappa shape index (κ1) is 32.0. The second kappa shape index (κ2) is 17.5. The molecule has 0 saturated carbocycles. The summed E-state index contributed by atoms with van der Waals surface area (Å²) in [5.41, 5.74) is 9.11. The molecule has 0 aromatic heterocycles. The molecule has 0 radical (unpaired) electrons. The molecule has 3 N–H and O–H groups in total. The van der Waals surface area contributed by atoms with E-state index in [1.807, 2.05) is 18.2 Å². The fourth-order valence-corrected chi connectivity index (χ4v) is 7.86. The summed E-state index contributed by atoms with van der Waals surface area (Å²) >= 11 is 0. The lowest BCUT2D eigenvalue weighted by atomic mass is 9.86. The van der Waals surface area contributed by atoms with Gasteiger partial charge in [0.25, 0.3) is 0 Å². The number of halogens is 1. The van der Waals surface area contributed by atoms with Crippen LogP contribution in [0, 0.1) is 0 Å². The molecule has 0 saturated heterocycles. The molecular weight excluding hydrogens is 492 g/mol. The Balaban J connectivity index is 0.00000648. The number of carbonyl (C=O) groups excluding carboxylic acids is 1. The molecule has 2 rings (SSSR count). The topological polar surface area (TPSA) is 82.8 Å². The monoisotopic (exact) mass is 534 g/mol. The van der Waals surface area contributed by atoms with E-state index in [0.717, 1.165) is 36.1 Å². The van der Waals surface area contributed by atoms with Crippen LogP contribution in [0.4, 0.5) is 5.69 Å². The number of rotatable bonds is 17. The van der Waals surface area contributed by atoms with Crippen molar-refractivity contribution in [3.8, 4) is 0 Å². The molecule has 0 heterocycles. The molecule has 6 nitrogen and oxygen atoms in total. The second-order valence-electron chi connectivity index (χ2n) is 8.54. The maximum atomic E-state index is 11.8. The van der Waals surface area contributed by atoms with E-state index in [0.29, 0.717) is 32.8 Å². The van der Waals surface area contributed by atoms with Crippen LogP contribution in [0.1, 0.15) is 63.5 Å². The van der Waals surface area contributed by atoms with Gasteiger partial charge in [-0.25, -0.2) is 0 Å². The van der Waals surface area contributed by atoms with E-state index in [-0.39, 0.29) is 29.8 Å². The maximum absolute atomic E-state index is 11.8. The lowest BCUT2D eigenvalue weighted by molar-refractivity contribution is -0.111. The summed E-state index contributed by atoms with van der Waals surface area (Å²) in [5, 5.41) is 2.82. The molecule has 2 aromatic carbocycles. The van der Waals surface area contributed by atoms with Crippen LogP contribution in [0.15, 0.2) is 67.3 Å². The summed E-state index contributed by atoms with van der Waals surface area (Å²) in [7, 11) is -3.15. The highest BCUT2D eigenvalue weighted by Crippen LogP contribution is 2.45. The first-order valence-corrected chi connectivity index (χ1v) is 14.6. The minimum atomic E-state index is -3.15. The SMILES string of the molecule is C=CC(=O)Nc1ccc(C(c2ccccc2)C(CCN)[Si](OCCC)(OCCC)OCCC)cc1.Cl. The average Bonchev–Trinajstić information content (AvgIpc) is 2.90. The lowest BCUT2D eigenvalue weighted by Crippen LogP contribution is -2.53. The molecule has 0 aliphatic rings. The van der Waals surface area contributed by atoms with Crippen molar-refractivity contribution in [3.63, 3.8) is 0 Å². The van der Waals surface area contributed by atoms with E-state index in [4.69, 9.17) is 19.0 Å². The van der Waals surface area contributed by atoms with Gasteiger partial charge in [0.2, 0.25) is 5.91 Å². The minimum absolute atomic E-state index is 0. The van der Waals surface area contributed by atoms with Crippen LogP contribution in [0.25, 0.3) is 0 Å². The number of hydrogen-bond donors (Lipinski definition) is 2. The van der Waals surface area contributed by atoms with Crippen LogP contribution in [0.2, 0.25) is 5.54 Å². The van der Waals surface area contributed by atoms with Crippen LogP contribution in [-0.2, 0) is 18.1 Å². The van der Waals surface area contributed by atoms with E-state index in [2.05, 4.69) is 69.1 Å². The van der Waals surface area contributed by atoms with Crippen molar-refractivity contribution < 1.29 is 18.1 Å². The van der Waals surface area contributed by atoms with Gasteiger partial charge in [-0.1, -0.05) is 69.8 Å². The highest BCUT2D eigenvalue weighted by atomic mass is 35.5. The summed E-state index contributed by atoms with van der Waals surface area (Å²) < 4.78 is 19.8. The van der Waals surface area contributed by atoms with Crippen LogP contribution in [0.5, 0.6) is 0 Å². The summed E-state index contributed by atoms with van der Waals surface area (Å²) in [6, 6.07) is 18.3. The van der Waals surface area contributed by atoms with Gasteiger partial charge in [-0.3, -0.25) is 4.79 Å². The zero-order chi connectivity index (χ0) is 25.5. The van der Waals surface area contributed by atoms with Gasteiger partial charge in [-0.2, -0.15) is 0 Å². The predicted molar refractivity (Wildman–Crippen MR) is 153 cm³/mol. The Hall–Kier alpha value is -2.00. The molecule has 36 heavy (non-hydrogen) atoms. The molecule has 8 heteroatoms. The van der Waals surface area contributed by atoms with Crippen LogP contribution in [-0.4, -0.2) is 41.1 Å². The molecule has 0 aliphatic carbocycles. The van der Waals surface area contributed by atoms with Crippen LogP contribution < -0.4 is 11.1 Å². The molecule has 2 atom stereocenters. The number of carbonyl (C=O) groups is 1. The van der Waals surface area contributed by atoms with Crippen LogP contribution >= 0.6 is 12.4 Å². The van der Waals surface area contributed by atoms with Gasteiger partial charge in [0, 0.05) is 37.0 Å². The Morgan fingerprint density at radius 3 is 1.86 bits per heavy atom. The molecule has 1 amide bonds. The quantitative estimate of drug-likeness (QED) is 0.184. The number of benzene rings is 2. The second-order valence-corrected chi connectivity index (χ2v) is 11.4. The third kappa shape index (κ3) is 9.14. The molecule has 200 valence electrons. The van der Waals surface area contributed by atoms with Gasteiger partial charge in [-0.15, -0.1) is 12.4 Å². The van der Waals surface area contributed by atoms with Gasteiger partial charge in [0.1, 0.15) is 0 Å². The number of hydrogen-bond acceptors (Lipinski definition) is 5. The fraction of sp³-hybridized carbons (Fsp3) is 0.464. The molecule has 0 spiro atoms. The lowest BCUT2D eigenvalue weighted by Gasteiger charge is -2.40. The van der Waals surface area contributed by atoms with Crippen LogP contribution in [0.3, 0.4) is 0 Å². The Morgan fingerprint density at radius 1 is 0.917 bits per heavy atom. The van der Waals surface area contributed by atoms with E-state index in [1.165, 1.54) is 6.08 Å². The third-order valence-electron chi connectivity index (χ3n) is 5.74. The third-order valence-corrected chi connectivity index (χ3v) is 9.09. The molecule has 0 aliphatic heterocycles. The van der Waals surface area contributed by atoms with Crippen molar-refractivity contribution in [1.29, 1.82) is 0 Å². The van der Waals surface area contributed by atoms with Crippen molar-refractivity contribution in [2.24, 2.45) is 5.73 Å². The van der Waals surface area contributed by atoms with E-state index >= 15 is 0 Å². The number of amides is 1. The normalized spacial score (nSPS) is 12.9. The van der Waals surface area contributed by atoms with E-state index < -0.39 is 8.80 Å². The van der Waals surface area contributed by atoms with Gasteiger partial charge in [0.15, 0.2) is 0 Å². The van der Waals surface area contributed by atoms with Gasteiger partial charge in [0.05, 0.1) is 0 Å². The highest BCUT2D eigenvalue weighted by Gasteiger charge is 2.53. The predicted octanol–water partition coefficient (Wildman–Crippen LogP) is 6.30. The zero-order valence-electron chi connectivity index (χ0n) is 21.9. The molecule has 0 bridgehead atoms. The Morgan fingerprint density at radius 2 is 1.42 bits per heavy atom. The largest absolute Gasteiger partial charge is 0.505 e. The smallest absolute Gasteiger partial charge is 0.373 e. The van der Waals surface area contributed by atoms with Gasteiger partial charge >= 0.3 is 8.80 Å². The number of nitrogens with one attached hydrogen (secondary N) is 1. The summed E-state index contributed by atoms with van der Waals surface area (Å²) in [4.78, 5) is 11.8. The standard InChI is InChI=1S/C28H42N2O4Si.ClH/c1-5-20-32-35(33-21-6-2,34-22-7-3)26(18-19-29)28(23-12-10-9-11-13-23)24-14-16-25(17-15-24)30-27(31)8-4;/h8-17,26,28H,4-7,18-22,29H2,1-3H3,(H,30,31);1H. The number of anilines is 1. The Labute approximate surface area is 224 Å². The van der Waals surface area contributed by atoms with Crippen molar-refractivity contribution in [3.05, 3.63) is 78.4 Å². The van der Waals surface area contributed by atoms with Crippen molar-refractivity contribution in [2.45, 2.75) is 57.9 Å². The van der Waals surface area contributed by atoms with E-state index in [1.54, 1.807) is 0 Å². The number of nitrogens with two attached hydrogens (primary N) is 1. The van der Waals surface area contributed by atoms with E-state index in [9.17, 15) is 4.79 Å². The Kier molecular flexibility index (Phi) is 15.5. The molecule has 0 fully saturated rings. The first-order valence-electron chi connectivity index (χ1n) is 12.7. The molecular formula is C28H43ClN2O4Si. The highest BCUT2D eigenvalue weighted by molar-refractivity contribution is 6.62. The van der Waals surface area contributed by atoms with Crippen molar-refractivity contribution >= 4 is 32.8 Å². The van der Waals surface area contributed by atoms with Crippen molar-refractivity contribution in [1.82, 2.24) is 0 Å². The van der Waals surface area contributed by atoms with Gasteiger partial charge < -0.3 is 24.3 Å². The minimum Gasteiger partial charge on any atom is -0.373 e. The Bertz CT molecular complexity index is 861. The van der Waals surface area contributed by atoms with Gasteiger partial charge in [-0.05, 0) is 61.6 Å². The maximum Gasteiger partial charge on any atom is 0.505 e.